The molecule has 0 bridgehead atoms. The Kier molecular flexibility index (Phi) is 1.30. The van der Waals surface area contributed by atoms with Gasteiger partial charge in [-0.3, -0.25) is 0 Å². The molecule has 0 aliphatic heterocycles. The van der Waals surface area contributed by atoms with Gasteiger partial charge in [-0.2, -0.15) is 5.26 Å². The maximum atomic E-state index is 8.78. The van der Waals surface area contributed by atoms with E-state index in [1.54, 1.807) is 11.0 Å². The smallest absolute Gasteiger partial charge is 0.239 e. The van der Waals surface area contributed by atoms with Gasteiger partial charge in [0.25, 0.3) is 0 Å². The maximum Gasteiger partial charge on any atom is 0.239 e. The fourth-order valence-corrected chi connectivity index (χ4v) is 1.15. The van der Waals surface area contributed by atoms with E-state index in [0.717, 1.165) is 12.8 Å². The summed E-state index contributed by atoms with van der Waals surface area (Å²) in [6, 6.07) is 2.28. The monoisotopic (exact) mass is 163 g/mol. The lowest BCUT2D eigenvalue weighted by Gasteiger charge is -2.02. The lowest BCUT2D eigenvalue weighted by Crippen LogP contribution is -2.10. The molecule has 62 valence electrons. The molecule has 1 saturated carbocycles. The fraction of sp³-hybridized carbons (Fsp3) is 0.571. The first kappa shape index (κ1) is 7.10. The van der Waals surface area contributed by atoms with Gasteiger partial charge in [0.2, 0.25) is 5.95 Å². The van der Waals surface area contributed by atoms with Crippen LogP contribution in [-0.2, 0) is 6.54 Å². The first-order chi connectivity index (χ1) is 5.74. The van der Waals surface area contributed by atoms with Crippen molar-refractivity contribution in [1.82, 2.24) is 14.8 Å². The molecule has 5 nitrogen and oxygen atoms in total. The first-order valence-corrected chi connectivity index (χ1v) is 3.80. The number of rotatable bonds is 2. The number of nitrogens with two attached hydrogens (primary N) is 1. The standard InChI is InChI=1S/C7H9N5/c8-3-7(1-2-7)4-12-5-10-6(9)11-12/h5H,1-2,4H2,(H2,9,11). The molecule has 1 fully saturated rings. The van der Waals surface area contributed by atoms with E-state index in [4.69, 9.17) is 11.0 Å². The molecule has 2 rings (SSSR count). The minimum Gasteiger partial charge on any atom is -0.367 e. The van der Waals surface area contributed by atoms with Crippen molar-refractivity contribution in [3.63, 3.8) is 0 Å². The number of nitriles is 1. The molecule has 1 heterocycles. The van der Waals surface area contributed by atoms with Crippen LogP contribution in [0.5, 0.6) is 0 Å². The topological polar surface area (TPSA) is 80.5 Å². The van der Waals surface area contributed by atoms with E-state index in [9.17, 15) is 0 Å². The maximum absolute atomic E-state index is 8.78. The first-order valence-electron chi connectivity index (χ1n) is 3.80. The lowest BCUT2D eigenvalue weighted by molar-refractivity contribution is 0.485. The summed E-state index contributed by atoms with van der Waals surface area (Å²) in [5.41, 5.74) is 5.15. The Labute approximate surface area is 69.8 Å². The van der Waals surface area contributed by atoms with Crippen molar-refractivity contribution in [3.05, 3.63) is 6.33 Å². The van der Waals surface area contributed by atoms with Crippen LogP contribution in [0.15, 0.2) is 6.33 Å². The van der Waals surface area contributed by atoms with Gasteiger partial charge in [-0.1, -0.05) is 0 Å². The average Bonchev–Trinajstić information content (AvgIpc) is 2.71. The third-order valence-corrected chi connectivity index (χ3v) is 2.11. The zero-order valence-corrected chi connectivity index (χ0v) is 6.56. The minimum absolute atomic E-state index is 0.180. The molecule has 0 radical (unpaired) electrons. The summed E-state index contributed by atoms with van der Waals surface area (Å²) >= 11 is 0. The normalized spacial score (nSPS) is 18.6. The summed E-state index contributed by atoms with van der Waals surface area (Å²) in [7, 11) is 0. The van der Waals surface area contributed by atoms with Gasteiger partial charge in [-0.05, 0) is 12.8 Å². The third-order valence-electron chi connectivity index (χ3n) is 2.11. The molecule has 5 heteroatoms. The van der Waals surface area contributed by atoms with E-state index in [1.807, 2.05) is 0 Å². The van der Waals surface area contributed by atoms with Gasteiger partial charge in [0, 0.05) is 0 Å². The zero-order valence-electron chi connectivity index (χ0n) is 6.56. The van der Waals surface area contributed by atoms with Crippen LogP contribution in [0.1, 0.15) is 12.8 Å². The van der Waals surface area contributed by atoms with Crippen molar-refractivity contribution in [1.29, 1.82) is 5.26 Å². The van der Waals surface area contributed by atoms with E-state index in [-0.39, 0.29) is 11.4 Å². The van der Waals surface area contributed by atoms with Gasteiger partial charge >= 0.3 is 0 Å². The number of nitrogens with zero attached hydrogens (tertiary/aromatic N) is 4. The van der Waals surface area contributed by atoms with Crippen LogP contribution in [0, 0.1) is 16.7 Å². The molecule has 0 atom stereocenters. The summed E-state index contributed by atoms with van der Waals surface area (Å²) in [6.45, 7) is 0.619. The minimum atomic E-state index is -0.180. The van der Waals surface area contributed by atoms with Crippen molar-refractivity contribution in [2.75, 3.05) is 5.73 Å². The molecule has 1 aliphatic carbocycles. The lowest BCUT2D eigenvalue weighted by atomic mass is 10.1. The second kappa shape index (κ2) is 2.21. The summed E-state index contributed by atoms with van der Waals surface area (Å²) < 4.78 is 1.63. The van der Waals surface area contributed by atoms with Crippen LogP contribution in [0.3, 0.4) is 0 Å². The molecular weight excluding hydrogens is 154 g/mol. The van der Waals surface area contributed by atoms with Crippen LogP contribution < -0.4 is 5.73 Å². The van der Waals surface area contributed by atoms with Crippen LogP contribution in [-0.4, -0.2) is 14.8 Å². The van der Waals surface area contributed by atoms with E-state index in [0.29, 0.717) is 6.54 Å². The number of hydrogen-bond donors (Lipinski definition) is 1. The van der Waals surface area contributed by atoms with Crippen molar-refractivity contribution < 1.29 is 0 Å². The second-order valence-corrected chi connectivity index (χ2v) is 3.19. The van der Waals surface area contributed by atoms with Crippen LogP contribution in [0.4, 0.5) is 5.95 Å². The molecule has 2 N–H and O–H groups in total. The molecule has 0 spiro atoms. The van der Waals surface area contributed by atoms with Gasteiger partial charge in [0.05, 0.1) is 18.0 Å². The fourth-order valence-electron chi connectivity index (χ4n) is 1.15. The molecule has 0 aromatic carbocycles. The molecule has 12 heavy (non-hydrogen) atoms. The van der Waals surface area contributed by atoms with Crippen LogP contribution in [0.2, 0.25) is 0 Å². The van der Waals surface area contributed by atoms with E-state index < -0.39 is 0 Å². The van der Waals surface area contributed by atoms with Gasteiger partial charge in [-0.15, -0.1) is 5.10 Å². The Morgan fingerprint density at radius 1 is 1.75 bits per heavy atom. The van der Waals surface area contributed by atoms with Crippen molar-refractivity contribution in [2.24, 2.45) is 5.41 Å². The quantitative estimate of drug-likeness (QED) is 0.673. The van der Waals surface area contributed by atoms with Crippen LogP contribution in [0.25, 0.3) is 0 Å². The molecule has 0 unspecified atom stereocenters. The van der Waals surface area contributed by atoms with E-state index >= 15 is 0 Å². The number of aromatic nitrogens is 3. The largest absolute Gasteiger partial charge is 0.367 e. The highest BCUT2D eigenvalue weighted by Gasteiger charge is 2.43. The van der Waals surface area contributed by atoms with Gasteiger partial charge < -0.3 is 5.73 Å². The zero-order chi connectivity index (χ0) is 8.60. The predicted octanol–water partition coefficient (Wildman–Crippen LogP) is 0.164. The van der Waals surface area contributed by atoms with Crippen molar-refractivity contribution >= 4 is 5.95 Å². The highest BCUT2D eigenvalue weighted by atomic mass is 15.4. The number of hydrogen-bond acceptors (Lipinski definition) is 4. The summed E-state index contributed by atoms with van der Waals surface area (Å²) in [5.74, 6) is 0.267. The number of anilines is 1. The SMILES string of the molecule is N#CC1(Cn2cnc(N)n2)CC1. The predicted molar refractivity (Wildman–Crippen MR) is 41.7 cm³/mol. The van der Waals surface area contributed by atoms with Crippen molar-refractivity contribution in [2.45, 2.75) is 19.4 Å². The molecule has 1 aromatic rings. The highest BCUT2D eigenvalue weighted by Crippen LogP contribution is 2.46. The highest BCUT2D eigenvalue weighted by molar-refractivity contribution is 5.12. The summed E-state index contributed by atoms with van der Waals surface area (Å²) in [5, 5.41) is 12.7. The third kappa shape index (κ3) is 1.11. The second-order valence-electron chi connectivity index (χ2n) is 3.19. The molecule has 1 aromatic heterocycles. The van der Waals surface area contributed by atoms with Crippen LogP contribution >= 0.6 is 0 Å². The summed E-state index contributed by atoms with van der Waals surface area (Å²) in [6.07, 6.45) is 3.49. The van der Waals surface area contributed by atoms with E-state index in [1.165, 1.54) is 0 Å². The Bertz CT molecular complexity index is 330. The Balaban J connectivity index is 2.10. The van der Waals surface area contributed by atoms with Gasteiger partial charge in [0.15, 0.2) is 0 Å². The molecule has 1 aliphatic rings. The molecule has 0 amide bonds. The Hall–Kier alpha value is -1.57. The van der Waals surface area contributed by atoms with Crippen molar-refractivity contribution in [3.8, 4) is 6.07 Å². The molecule has 0 saturated heterocycles. The Morgan fingerprint density at radius 2 is 2.50 bits per heavy atom. The average molecular weight is 163 g/mol. The Morgan fingerprint density at radius 3 is 2.92 bits per heavy atom. The van der Waals surface area contributed by atoms with Gasteiger partial charge in [-0.25, -0.2) is 9.67 Å². The molecular formula is C7H9N5. The van der Waals surface area contributed by atoms with Gasteiger partial charge in [0.1, 0.15) is 6.33 Å². The van der Waals surface area contributed by atoms with E-state index in [2.05, 4.69) is 16.2 Å². The summed E-state index contributed by atoms with van der Waals surface area (Å²) in [4.78, 5) is 3.78. The number of nitrogen functional groups attached to an aromatic ring is 1.